The van der Waals surface area contributed by atoms with Gasteiger partial charge in [-0.2, -0.15) is 8.78 Å². The van der Waals surface area contributed by atoms with Crippen molar-refractivity contribution in [3.05, 3.63) is 0 Å². The lowest BCUT2D eigenvalue weighted by Crippen LogP contribution is -2.40. The number of halogens is 4. The standard InChI is InChI=1S/C5H6F4O2S/c1-4(7)2-3(6)12(10,11)5(4,8)9/h3H,2H2,1H3. The zero-order valence-corrected chi connectivity index (χ0v) is 6.84. The van der Waals surface area contributed by atoms with Crippen LogP contribution in [0.3, 0.4) is 0 Å². The Morgan fingerprint density at radius 1 is 1.33 bits per heavy atom. The highest BCUT2D eigenvalue weighted by Gasteiger charge is 2.71. The molecule has 0 radical (unpaired) electrons. The van der Waals surface area contributed by atoms with Gasteiger partial charge in [-0.15, -0.1) is 0 Å². The highest BCUT2D eigenvalue weighted by atomic mass is 32.2. The lowest BCUT2D eigenvalue weighted by Gasteiger charge is -2.19. The summed E-state index contributed by atoms with van der Waals surface area (Å²) in [6, 6.07) is 0. The molecular formula is C5H6F4O2S. The molecule has 12 heavy (non-hydrogen) atoms. The maximum absolute atomic E-state index is 12.8. The van der Waals surface area contributed by atoms with Crippen molar-refractivity contribution in [3.63, 3.8) is 0 Å². The molecule has 1 aliphatic heterocycles. The first-order chi connectivity index (χ1) is 5.13. The van der Waals surface area contributed by atoms with Gasteiger partial charge in [-0.05, 0) is 6.92 Å². The number of sulfone groups is 1. The number of alkyl halides is 4. The monoisotopic (exact) mass is 206 g/mol. The predicted molar refractivity (Wildman–Crippen MR) is 32.9 cm³/mol. The van der Waals surface area contributed by atoms with E-state index in [1.54, 1.807) is 0 Å². The second-order valence-electron chi connectivity index (χ2n) is 2.87. The quantitative estimate of drug-likeness (QED) is 0.562. The van der Waals surface area contributed by atoms with Crippen LogP contribution in [0.15, 0.2) is 0 Å². The summed E-state index contributed by atoms with van der Waals surface area (Å²) in [7, 11) is -5.29. The van der Waals surface area contributed by atoms with Crippen LogP contribution in [0, 0.1) is 0 Å². The summed E-state index contributed by atoms with van der Waals surface area (Å²) in [5, 5.41) is -4.61. The van der Waals surface area contributed by atoms with E-state index in [1.807, 2.05) is 0 Å². The van der Waals surface area contributed by atoms with Crippen LogP contribution in [-0.4, -0.2) is 24.8 Å². The Hall–Kier alpha value is -0.330. The fourth-order valence-electron chi connectivity index (χ4n) is 0.987. The van der Waals surface area contributed by atoms with Gasteiger partial charge in [0.15, 0.2) is 5.67 Å². The van der Waals surface area contributed by atoms with E-state index in [4.69, 9.17) is 0 Å². The third kappa shape index (κ3) is 0.884. The van der Waals surface area contributed by atoms with Crippen molar-refractivity contribution < 1.29 is 26.0 Å². The van der Waals surface area contributed by atoms with E-state index in [2.05, 4.69) is 0 Å². The van der Waals surface area contributed by atoms with Gasteiger partial charge in [0.05, 0.1) is 0 Å². The topological polar surface area (TPSA) is 34.1 Å². The van der Waals surface area contributed by atoms with E-state index >= 15 is 0 Å². The Morgan fingerprint density at radius 3 is 1.83 bits per heavy atom. The van der Waals surface area contributed by atoms with Gasteiger partial charge in [0.1, 0.15) is 0 Å². The molecule has 2 unspecified atom stereocenters. The lowest BCUT2D eigenvalue weighted by molar-refractivity contribution is -0.0528. The molecule has 72 valence electrons. The molecular weight excluding hydrogens is 200 g/mol. The second-order valence-corrected chi connectivity index (χ2v) is 4.99. The summed E-state index contributed by atoms with van der Waals surface area (Å²) in [5.74, 6) is 0. The minimum atomic E-state index is -5.29. The molecule has 7 heteroatoms. The van der Waals surface area contributed by atoms with Crippen LogP contribution in [0.5, 0.6) is 0 Å². The highest BCUT2D eigenvalue weighted by molar-refractivity contribution is 7.93. The van der Waals surface area contributed by atoms with Gasteiger partial charge in [-0.25, -0.2) is 17.2 Å². The van der Waals surface area contributed by atoms with E-state index in [9.17, 15) is 26.0 Å². The Kier molecular flexibility index (Phi) is 1.73. The Bertz CT molecular complexity index is 295. The molecule has 0 amide bonds. The molecule has 0 N–H and O–H groups in total. The Morgan fingerprint density at radius 2 is 1.75 bits per heavy atom. The average Bonchev–Trinajstić information content (AvgIpc) is 1.92. The van der Waals surface area contributed by atoms with Crippen LogP contribution >= 0.6 is 0 Å². The minimum Gasteiger partial charge on any atom is -0.236 e. The maximum atomic E-state index is 12.8. The average molecular weight is 206 g/mol. The molecule has 0 aromatic carbocycles. The molecule has 1 aliphatic rings. The minimum absolute atomic E-state index is 0.379. The first-order valence-electron chi connectivity index (χ1n) is 3.07. The summed E-state index contributed by atoms with van der Waals surface area (Å²) in [6.45, 7) is 0.379. The molecule has 2 atom stereocenters. The van der Waals surface area contributed by atoms with Gasteiger partial charge >= 0.3 is 5.25 Å². The fourth-order valence-corrected chi connectivity index (χ4v) is 2.52. The third-order valence-electron chi connectivity index (χ3n) is 1.84. The van der Waals surface area contributed by atoms with E-state index in [1.165, 1.54) is 0 Å². The second kappa shape index (κ2) is 2.12. The normalized spacial score (nSPS) is 44.6. The third-order valence-corrected chi connectivity index (χ3v) is 3.83. The van der Waals surface area contributed by atoms with Crippen LogP contribution in [-0.2, 0) is 9.84 Å². The zero-order valence-electron chi connectivity index (χ0n) is 6.02. The molecule has 1 fully saturated rings. The van der Waals surface area contributed by atoms with Crippen molar-refractivity contribution in [3.8, 4) is 0 Å². The van der Waals surface area contributed by atoms with Crippen LogP contribution < -0.4 is 0 Å². The molecule has 0 bridgehead atoms. The van der Waals surface area contributed by atoms with Gasteiger partial charge in [-0.3, -0.25) is 0 Å². The van der Waals surface area contributed by atoms with Crippen molar-refractivity contribution in [1.29, 1.82) is 0 Å². The van der Waals surface area contributed by atoms with Crippen LogP contribution in [0.25, 0.3) is 0 Å². The SMILES string of the molecule is CC1(F)CC(F)S(=O)(=O)C1(F)F. The molecule has 0 saturated carbocycles. The summed E-state index contributed by atoms with van der Waals surface area (Å²) in [5.41, 5.74) is -6.10. The van der Waals surface area contributed by atoms with Crippen LogP contribution in [0.4, 0.5) is 17.6 Å². The molecule has 1 rings (SSSR count). The van der Waals surface area contributed by atoms with Crippen LogP contribution in [0.2, 0.25) is 0 Å². The van der Waals surface area contributed by atoms with Crippen molar-refractivity contribution in [1.82, 2.24) is 0 Å². The van der Waals surface area contributed by atoms with Gasteiger partial charge in [0.25, 0.3) is 9.84 Å². The highest BCUT2D eigenvalue weighted by Crippen LogP contribution is 2.49. The van der Waals surface area contributed by atoms with Gasteiger partial charge in [0.2, 0.25) is 5.50 Å². The number of rotatable bonds is 0. The van der Waals surface area contributed by atoms with Gasteiger partial charge in [0, 0.05) is 6.42 Å². The van der Waals surface area contributed by atoms with E-state index < -0.39 is 32.7 Å². The lowest BCUT2D eigenvalue weighted by atomic mass is 10.1. The largest absolute Gasteiger partial charge is 0.381 e. The Labute approximate surface area is 66.5 Å². The van der Waals surface area contributed by atoms with Crippen molar-refractivity contribution in [2.75, 3.05) is 0 Å². The molecule has 0 aromatic rings. The summed E-state index contributed by atoms with van der Waals surface area (Å²) < 4.78 is 71.2. The van der Waals surface area contributed by atoms with Crippen LogP contribution in [0.1, 0.15) is 13.3 Å². The summed E-state index contributed by atoms with van der Waals surface area (Å²) in [6.07, 6.45) is -1.30. The predicted octanol–water partition coefficient (Wildman–Crippen LogP) is 1.42. The van der Waals surface area contributed by atoms with E-state index in [0.717, 1.165) is 0 Å². The van der Waals surface area contributed by atoms with Crippen molar-refractivity contribution in [2.24, 2.45) is 0 Å². The van der Waals surface area contributed by atoms with Crippen molar-refractivity contribution >= 4 is 9.84 Å². The molecule has 2 nitrogen and oxygen atoms in total. The smallest absolute Gasteiger partial charge is 0.236 e. The van der Waals surface area contributed by atoms with E-state index in [-0.39, 0.29) is 0 Å². The summed E-state index contributed by atoms with van der Waals surface area (Å²) >= 11 is 0. The first-order valence-corrected chi connectivity index (χ1v) is 4.62. The van der Waals surface area contributed by atoms with Gasteiger partial charge < -0.3 is 0 Å². The fraction of sp³-hybridized carbons (Fsp3) is 1.00. The molecule has 0 spiro atoms. The summed E-state index contributed by atoms with van der Waals surface area (Å²) in [4.78, 5) is 0. The van der Waals surface area contributed by atoms with Crippen molar-refractivity contribution in [2.45, 2.75) is 29.8 Å². The molecule has 0 aliphatic carbocycles. The molecule has 0 aromatic heterocycles. The first kappa shape index (κ1) is 9.76. The van der Waals surface area contributed by atoms with E-state index in [0.29, 0.717) is 6.92 Å². The zero-order chi connectivity index (χ0) is 9.78. The number of hydrogen-bond donors (Lipinski definition) is 0. The molecule has 1 heterocycles. The van der Waals surface area contributed by atoms with Gasteiger partial charge in [-0.1, -0.05) is 0 Å². The number of hydrogen-bond acceptors (Lipinski definition) is 2. The maximum Gasteiger partial charge on any atom is 0.381 e. The Balaban J connectivity index is 3.29. The molecule has 1 saturated heterocycles.